The largest absolute Gasteiger partial charge is 0.373 e. The van der Waals surface area contributed by atoms with Crippen LogP contribution >= 0.6 is 0 Å². The van der Waals surface area contributed by atoms with Crippen LogP contribution in [0.3, 0.4) is 0 Å². The lowest BCUT2D eigenvalue weighted by Crippen LogP contribution is -2.20. The molecule has 0 amide bonds. The molecule has 5 nitrogen and oxygen atoms in total. The molecule has 6 heteroatoms. The second-order valence-corrected chi connectivity index (χ2v) is 6.22. The van der Waals surface area contributed by atoms with E-state index in [9.17, 15) is 4.21 Å². The van der Waals surface area contributed by atoms with E-state index in [0.29, 0.717) is 5.75 Å². The minimum atomic E-state index is -0.744. The topological polar surface area (TPSA) is 66.9 Å². The first kappa shape index (κ1) is 15.9. The van der Waals surface area contributed by atoms with Crippen LogP contribution in [0.1, 0.15) is 32.3 Å². The molecule has 1 heterocycles. The normalized spacial score (nSPS) is 13.9. The summed E-state index contributed by atoms with van der Waals surface area (Å²) in [5.41, 5.74) is 1.12. The van der Waals surface area contributed by atoms with Gasteiger partial charge < -0.3 is 10.6 Å². The van der Waals surface area contributed by atoms with Crippen LogP contribution < -0.4 is 10.6 Å². The summed E-state index contributed by atoms with van der Waals surface area (Å²) in [7, 11) is 1.13. The third-order valence-electron chi connectivity index (χ3n) is 2.90. The van der Waals surface area contributed by atoms with Crippen LogP contribution in [-0.2, 0) is 17.2 Å². The smallest absolute Gasteiger partial charge is 0.134 e. The molecule has 19 heavy (non-hydrogen) atoms. The van der Waals surface area contributed by atoms with Gasteiger partial charge in [-0.05, 0) is 19.8 Å². The fraction of sp³-hybridized carbons (Fsp3) is 0.692. The molecule has 0 bridgehead atoms. The van der Waals surface area contributed by atoms with Gasteiger partial charge in [0.05, 0.1) is 0 Å². The van der Waals surface area contributed by atoms with Crippen molar-refractivity contribution in [3.05, 3.63) is 11.9 Å². The third kappa shape index (κ3) is 5.14. The van der Waals surface area contributed by atoms with Crippen molar-refractivity contribution in [3.63, 3.8) is 0 Å². The molecule has 0 aliphatic heterocycles. The Labute approximate surface area is 118 Å². The lowest BCUT2D eigenvalue weighted by Gasteiger charge is -2.18. The quantitative estimate of drug-likeness (QED) is 0.764. The molecule has 2 N–H and O–H groups in total. The van der Waals surface area contributed by atoms with Crippen molar-refractivity contribution in [1.82, 2.24) is 9.97 Å². The summed E-state index contributed by atoms with van der Waals surface area (Å²) in [5.74, 6) is 2.47. The van der Waals surface area contributed by atoms with E-state index in [4.69, 9.17) is 0 Å². The number of nitrogens with zero attached hydrogens (tertiary/aromatic N) is 2. The second-order valence-electron chi connectivity index (χ2n) is 4.66. The first-order chi connectivity index (χ1) is 9.08. The molecule has 0 radical (unpaired) electrons. The Balaban J connectivity index is 2.78. The second kappa shape index (κ2) is 8.09. The summed E-state index contributed by atoms with van der Waals surface area (Å²) in [6.07, 6.45) is 6.15. The molecule has 108 valence electrons. The number of aromatic nitrogens is 2. The average molecular weight is 284 g/mol. The molecular formula is C13H24N4OS. The summed E-state index contributed by atoms with van der Waals surface area (Å²) in [4.78, 5) is 8.58. The monoisotopic (exact) mass is 284 g/mol. The van der Waals surface area contributed by atoms with Crippen LogP contribution in [0, 0.1) is 0 Å². The summed E-state index contributed by atoms with van der Waals surface area (Å²) in [5, 5.41) is 6.50. The molecular weight excluding hydrogens is 260 g/mol. The highest BCUT2D eigenvalue weighted by atomic mass is 32.2. The van der Waals surface area contributed by atoms with Crippen LogP contribution in [0.15, 0.2) is 6.33 Å². The number of hydrogen-bond acceptors (Lipinski definition) is 5. The predicted molar refractivity (Wildman–Crippen MR) is 82.2 cm³/mol. The van der Waals surface area contributed by atoms with Gasteiger partial charge in [0.2, 0.25) is 0 Å². The predicted octanol–water partition coefficient (Wildman–Crippen LogP) is 2.04. The van der Waals surface area contributed by atoms with Crippen LogP contribution in [0.2, 0.25) is 0 Å². The summed E-state index contributed by atoms with van der Waals surface area (Å²) < 4.78 is 11.1. The van der Waals surface area contributed by atoms with Crippen molar-refractivity contribution in [2.75, 3.05) is 29.7 Å². The van der Waals surface area contributed by atoms with Gasteiger partial charge in [0, 0.05) is 41.5 Å². The lowest BCUT2D eigenvalue weighted by molar-refractivity contribution is 0.678. The van der Waals surface area contributed by atoms with Gasteiger partial charge >= 0.3 is 0 Å². The van der Waals surface area contributed by atoms with Gasteiger partial charge in [-0.1, -0.05) is 13.3 Å². The maximum atomic E-state index is 11.1. The average Bonchev–Trinajstić information content (AvgIpc) is 2.38. The van der Waals surface area contributed by atoms with E-state index in [0.717, 1.165) is 36.5 Å². The van der Waals surface area contributed by atoms with Gasteiger partial charge in [-0.3, -0.25) is 4.21 Å². The van der Waals surface area contributed by atoms with Crippen molar-refractivity contribution in [3.8, 4) is 0 Å². The van der Waals surface area contributed by atoms with Crippen molar-refractivity contribution >= 4 is 22.4 Å². The molecule has 0 aliphatic rings. The molecule has 0 saturated heterocycles. The minimum absolute atomic E-state index is 0.249. The van der Waals surface area contributed by atoms with E-state index in [2.05, 4.69) is 34.4 Å². The zero-order valence-corrected chi connectivity index (χ0v) is 13.0. The SMILES string of the molecule is CCCc1c(NC)ncnc1NC(C)CCS(C)=O. The Kier molecular flexibility index (Phi) is 6.77. The van der Waals surface area contributed by atoms with Gasteiger partial charge in [-0.25, -0.2) is 9.97 Å². The zero-order valence-electron chi connectivity index (χ0n) is 12.2. The lowest BCUT2D eigenvalue weighted by atomic mass is 10.1. The van der Waals surface area contributed by atoms with E-state index < -0.39 is 10.8 Å². The standard InChI is InChI=1S/C13H24N4OS/c1-5-6-11-12(14-3)15-9-16-13(11)17-10(2)7-8-19(4)18/h9-10H,5-8H2,1-4H3,(H2,14,15,16,17). The van der Waals surface area contributed by atoms with Crippen LogP contribution in [0.5, 0.6) is 0 Å². The molecule has 0 aromatic carbocycles. The first-order valence-electron chi connectivity index (χ1n) is 6.66. The van der Waals surface area contributed by atoms with Gasteiger partial charge in [0.25, 0.3) is 0 Å². The molecule has 0 spiro atoms. The van der Waals surface area contributed by atoms with E-state index in [1.807, 2.05) is 7.05 Å². The Morgan fingerprint density at radius 3 is 2.63 bits per heavy atom. The highest BCUT2D eigenvalue weighted by Crippen LogP contribution is 2.22. The molecule has 1 aromatic rings. The van der Waals surface area contributed by atoms with Crippen molar-refractivity contribution < 1.29 is 4.21 Å². The van der Waals surface area contributed by atoms with Crippen molar-refractivity contribution in [2.45, 2.75) is 39.2 Å². The molecule has 2 unspecified atom stereocenters. The Morgan fingerprint density at radius 2 is 2.05 bits per heavy atom. The fourth-order valence-corrected chi connectivity index (χ4v) is 2.57. The van der Waals surface area contributed by atoms with E-state index in [1.54, 1.807) is 12.6 Å². The fourth-order valence-electron chi connectivity index (χ4n) is 1.89. The van der Waals surface area contributed by atoms with Gasteiger partial charge in [0.15, 0.2) is 0 Å². The van der Waals surface area contributed by atoms with Gasteiger partial charge in [-0.2, -0.15) is 0 Å². The number of anilines is 2. The molecule has 2 atom stereocenters. The van der Waals surface area contributed by atoms with Gasteiger partial charge in [-0.15, -0.1) is 0 Å². The highest BCUT2D eigenvalue weighted by Gasteiger charge is 2.12. The molecule has 0 fully saturated rings. The van der Waals surface area contributed by atoms with E-state index in [-0.39, 0.29) is 6.04 Å². The van der Waals surface area contributed by atoms with E-state index >= 15 is 0 Å². The van der Waals surface area contributed by atoms with Gasteiger partial charge in [0.1, 0.15) is 18.0 Å². The maximum absolute atomic E-state index is 11.1. The van der Waals surface area contributed by atoms with Crippen LogP contribution in [0.4, 0.5) is 11.6 Å². The molecule has 1 rings (SSSR count). The van der Waals surface area contributed by atoms with Crippen molar-refractivity contribution in [2.24, 2.45) is 0 Å². The molecule has 0 saturated carbocycles. The number of hydrogen-bond donors (Lipinski definition) is 2. The Morgan fingerprint density at radius 1 is 1.37 bits per heavy atom. The summed E-state index contributed by atoms with van der Waals surface area (Å²) in [6, 6.07) is 0.249. The Bertz CT molecular complexity index is 425. The summed E-state index contributed by atoms with van der Waals surface area (Å²) in [6.45, 7) is 4.23. The van der Waals surface area contributed by atoms with E-state index in [1.165, 1.54) is 0 Å². The Hall–Kier alpha value is -1.17. The number of nitrogens with one attached hydrogen (secondary N) is 2. The third-order valence-corrected chi connectivity index (χ3v) is 3.71. The first-order valence-corrected chi connectivity index (χ1v) is 8.39. The highest BCUT2D eigenvalue weighted by molar-refractivity contribution is 7.84. The maximum Gasteiger partial charge on any atom is 0.134 e. The molecule has 0 aliphatic carbocycles. The van der Waals surface area contributed by atoms with Crippen LogP contribution in [-0.4, -0.2) is 39.3 Å². The minimum Gasteiger partial charge on any atom is -0.373 e. The van der Waals surface area contributed by atoms with Crippen molar-refractivity contribution in [1.29, 1.82) is 0 Å². The molecule has 1 aromatic heterocycles. The summed E-state index contributed by atoms with van der Waals surface area (Å²) >= 11 is 0. The zero-order chi connectivity index (χ0) is 14.3. The van der Waals surface area contributed by atoms with Crippen LogP contribution in [0.25, 0.3) is 0 Å². The number of rotatable bonds is 8.